The molecule has 2 saturated heterocycles. The third kappa shape index (κ3) is 5.04. The molecule has 0 bridgehead atoms. The number of hydroxylamine groups is 4. The molecule has 0 aromatic rings. The van der Waals surface area contributed by atoms with Crippen LogP contribution in [0.25, 0.3) is 0 Å². The average Bonchev–Trinajstić information content (AvgIpc) is 2.68. The highest BCUT2D eigenvalue weighted by molar-refractivity contribution is 9.12. The summed E-state index contributed by atoms with van der Waals surface area (Å²) in [6, 6.07) is 0. The van der Waals surface area contributed by atoms with E-state index in [-0.39, 0.29) is 20.5 Å². The van der Waals surface area contributed by atoms with Gasteiger partial charge in [-0.15, -0.1) is 20.5 Å². The molecule has 0 amide bonds. The van der Waals surface area contributed by atoms with E-state index in [1.165, 1.54) is 0 Å². The largest absolute Gasteiger partial charge is 0.485 e. The molecule has 0 atom stereocenters. The first-order chi connectivity index (χ1) is 15.3. The van der Waals surface area contributed by atoms with E-state index in [0.717, 1.165) is 10.1 Å². The Labute approximate surface area is 218 Å². The van der Waals surface area contributed by atoms with E-state index >= 15 is 0 Å². The van der Waals surface area contributed by atoms with Crippen molar-refractivity contribution in [2.45, 2.75) is 115 Å². The zero-order valence-electron chi connectivity index (χ0n) is 21.1. The summed E-state index contributed by atoms with van der Waals surface area (Å²) in [5.74, 6) is -1.17. The molecule has 2 fully saturated rings. The van der Waals surface area contributed by atoms with Crippen LogP contribution in [0.2, 0.25) is 0 Å². The molecule has 0 saturated carbocycles. The fourth-order valence-electron chi connectivity index (χ4n) is 5.66. The summed E-state index contributed by atoms with van der Waals surface area (Å²) in [4.78, 5) is 26.4. The normalized spacial score (nSPS) is 28.5. The monoisotopic (exact) mass is 604 g/mol. The zero-order chi connectivity index (χ0) is 26.0. The maximum absolute atomic E-state index is 13.2. The summed E-state index contributed by atoms with van der Waals surface area (Å²) in [6.07, 6.45) is 0.809. The van der Waals surface area contributed by atoms with Crippen molar-refractivity contribution in [1.29, 1.82) is 0 Å². The maximum Gasteiger partial charge on any atom is 0.239 e. The predicted molar refractivity (Wildman–Crippen MR) is 132 cm³/mol. The lowest BCUT2D eigenvalue weighted by Gasteiger charge is -2.50. The summed E-state index contributed by atoms with van der Waals surface area (Å²) in [7, 11) is 0. The number of nitrogens with zero attached hydrogens (tertiary/aromatic N) is 2. The molecule has 0 aromatic heterocycles. The van der Waals surface area contributed by atoms with Crippen LogP contribution in [-0.4, -0.2) is 56.1 Å². The van der Waals surface area contributed by atoms with Crippen molar-refractivity contribution in [1.82, 2.24) is 10.1 Å². The van der Waals surface area contributed by atoms with E-state index in [0.29, 0.717) is 25.7 Å². The molecule has 3 rings (SSSR count). The van der Waals surface area contributed by atoms with Crippen molar-refractivity contribution >= 4 is 43.4 Å². The van der Waals surface area contributed by atoms with Gasteiger partial charge in [0.15, 0.2) is 11.5 Å². The van der Waals surface area contributed by atoms with Gasteiger partial charge in [-0.3, -0.25) is 9.59 Å². The van der Waals surface area contributed by atoms with Crippen LogP contribution >= 0.6 is 31.9 Å². The van der Waals surface area contributed by atoms with Crippen molar-refractivity contribution in [3.63, 3.8) is 0 Å². The molecule has 34 heavy (non-hydrogen) atoms. The molecule has 0 spiro atoms. The number of hydrogen-bond acceptors (Lipinski definition) is 6. The summed E-state index contributed by atoms with van der Waals surface area (Å²) < 4.78 is 12.1. The van der Waals surface area contributed by atoms with Crippen LogP contribution in [0.1, 0.15) is 81.1 Å². The second kappa shape index (κ2) is 8.95. The number of hydrogen-bond donors (Lipinski definition) is 0. The highest BCUT2D eigenvalue weighted by Crippen LogP contribution is 2.43. The molecule has 10 heteroatoms. The van der Waals surface area contributed by atoms with Crippen molar-refractivity contribution in [3.8, 4) is 0 Å². The lowest BCUT2D eigenvalue weighted by atomic mass is 9.80. The number of carbonyl (C=O) groups is 2. The minimum Gasteiger partial charge on any atom is -0.485 e. The number of Topliss-reactive ketones (excluding diaryl/α,β-unsaturated/α-hetero) is 2. The van der Waals surface area contributed by atoms with Gasteiger partial charge in [0.05, 0.1) is 0 Å². The quantitative estimate of drug-likeness (QED) is 0.413. The van der Waals surface area contributed by atoms with Crippen LogP contribution in [0.15, 0.2) is 20.5 Å². The van der Waals surface area contributed by atoms with Crippen molar-refractivity contribution in [3.05, 3.63) is 20.5 Å². The van der Waals surface area contributed by atoms with Gasteiger partial charge in [0.1, 0.15) is 21.2 Å². The Morgan fingerprint density at radius 3 is 1.09 bits per heavy atom. The third-order valence-electron chi connectivity index (χ3n) is 6.89. The Hall–Kier alpha value is -0.780. The Morgan fingerprint density at radius 2 is 0.853 bits per heavy atom. The molecule has 2 radical (unpaired) electrons. The molecule has 2 heterocycles. The van der Waals surface area contributed by atoms with Crippen LogP contribution in [0.3, 0.4) is 0 Å². The van der Waals surface area contributed by atoms with Gasteiger partial charge < -0.3 is 9.47 Å². The lowest BCUT2D eigenvalue weighted by Crippen LogP contribution is -2.60. The molecule has 0 aromatic carbocycles. The van der Waals surface area contributed by atoms with E-state index in [2.05, 4.69) is 31.9 Å². The third-order valence-corrected chi connectivity index (χ3v) is 8.33. The van der Waals surface area contributed by atoms with Gasteiger partial charge in [0.25, 0.3) is 0 Å². The SMILES string of the molecule is CC1(C)CC(OC2=C(Br)C(=O)C(OC3CC(C)(C)N([O])C(C)(C)C3)=C(Br)C2=O)CC(C)(C)N1[O]. The van der Waals surface area contributed by atoms with Crippen LogP contribution in [-0.2, 0) is 29.5 Å². The first-order valence-corrected chi connectivity index (χ1v) is 13.1. The van der Waals surface area contributed by atoms with Gasteiger partial charge >= 0.3 is 0 Å². The van der Waals surface area contributed by atoms with E-state index in [1.807, 2.05) is 55.4 Å². The molecule has 2 aliphatic heterocycles. The van der Waals surface area contributed by atoms with Crippen molar-refractivity contribution < 1.29 is 29.5 Å². The van der Waals surface area contributed by atoms with Gasteiger partial charge in [-0.05, 0) is 87.2 Å². The molecule has 190 valence electrons. The molecule has 8 nitrogen and oxygen atoms in total. The number of ketones is 2. The first kappa shape index (κ1) is 27.8. The summed E-state index contributed by atoms with van der Waals surface area (Å²) in [5, 5.41) is 27.5. The fraction of sp³-hybridized carbons (Fsp3) is 0.750. The number of allylic oxidation sites excluding steroid dienone is 2. The minimum absolute atomic E-state index is 0.00403. The Morgan fingerprint density at radius 1 is 0.618 bits per heavy atom. The minimum atomic E-state index is -0.682. The second-order valence-electron chi connectivity index (χ2n) is 12.1. The molecular weight excluding hydrogens is 572 g/mol. The van der Waals surface area contributed by atoms with Crippen LogP contribution < -0.4 is 0 Å². The molecule has 0 unspecified atom stereocenters. The smallest absolute Gasteiger partial charge is 0.239 e. The lowest BCUT2D eigenvalue weighted by molar-refractivity contribution is -0.299. The number of rotatable bonds is 4. The number of piperidine rings is 2. The number of carbonyl (C=O) groups excluding carboxylic acids is 2. The van der Waals surface area contributed by atoms with Crippen molar-refractivity contribution in [2.24, 2.45) is 0 Å². The topological polar surface area (TPSA) is 98.9 Å². The Bertz CT molecular complexity index is 841. The van der Waals surface area contributed by atoms with Crippen LogP contribution in [0.4, 0.5) is 0 Å². The van der Waals surface area contributed by atoms with Crippen molar-refractivity contribution in [2.75, 3.05) is 0 Å². The maximum atomic E-state index is 13.2. The van der Waals surface area contributed by atoms with Crippen LogP contribution in [0, 0.1) is 0 Å². The Balaban J connectivity index is 1.82. The molecule has 1 aliphatic carbocycles. The molecular formula is C24H34Br2N2O6. The fourth-order valence-corrected chi connectivity index (χ4v) is 6.57. The van der Waals surface area contributed by atoms with Gasteiger partial charge in [-0.2, -0.15) is 0 Å². The summed E-state index contributed by atoms with van der Waals surface area (Å²) in [6.45, 7) is 14.7. The first-order valence-electron chi connectivity index (χ1n) is 11.5. The van der Waals surface area contributed by atoms with Gasteiger partial charge in [0.2, 0.25) is 11.6 Å². The zero-order valence-corrected chi connectivity index (χ0v) is 24.3. The van der Waals surface area contributed by atoms with E-state index < -0.39 is 45.9 Å². The summed E-state index contributed by atoms with van der Waals surface area (Å²) >= 11 is 6.52. The average molecular weight is 606 g/mol. The number of halogens is 2. The standard InChI is InChI=1S/C24H34Br2N2O6/c1-21(2)9-13(10-22(3,4)27(21)31)33-19-15(25)18(30)20(16(26)17(19)29)34-14-11-23(5,6)28(32)24(7,8)12-14/h13-14H,9-12H2,1-8H3. The molecule has 3 aliphatic rings. The van der Waals surface area contributed by atoms with Gasteiger partial charge in [-0.25, -0.2) is 0 Å². The Kier molecular flexibility index (Phi) is 7.32. The molecule has 0 N–H and O–H groups in total. The summed E-state index contributed by atoms with van der Waals surface area (Å²) in [5.41, 5.74) is -2.73. The predicted octanol–water partition coefficient (Wildman–Crippen LogP) is 5.12. The van der Waals surface area contributed by atoms with Crippen LogP contribution in [0.5, 0.6) is 0 Å². The number of ether oxygens (including phenoxy) is 2. The highest BCUT2D eigenvalue weighted by atomic mass is 79.9. The van der Waals surface area contributed by atoms with Gasteiger partial charge in [0, 0.05) is 47.8 Å². The highest BCUT2D eigenvalue weighted by Gasteiger charge is 2.50. The second-order valence-corrected chi connectivity index (χ2v) is 13.7. The van der Waals surface area contributed by atoms with E-state index in [4.69, 9.17) is 9.47 Å². The van der Waals surface area contributed by atoms with Gasteiger partial charge in [-0.1, -0.05) is 0 Å². The van der Waals surface area contributed by atoms with E-state index in [1.54, 1.807) is 0 Å². The van der Waals surface area contributed by atoms with E-state index in [9.17, 15) is 20.0 Å².